The second-order valence-electron chi connectivity index (χ2n) is 13.6. The van der Waals surface area contributed by atoms with E-state index in [4.69, 9.17) is 9.47 Å². The van der Waals surface area contributed by atoms with E-state index in [1.54, 1.807) is 12.1 Å². The Hall–Kier alpha value is -3.12. The highest BCUT2D eigenvalue weighted by Crippen LogP contribution is 2.78. The van der Waals surface area contributed by atoms with Crippen molar-refractivity contribution in [3.63, 3.8) is 0 Å². The summed E-state index contributed by atoms with van der Waals surface area (Å²) in [6.45, 7) is 8.63. The number of carbonyl (C=O) groups is 2. The monoisotopic (exact) mass is 586 g/mol. The van der Waals surface area contributed by atoms with E-state index in [0.717, 1.165) is 68.1 Å². The maximum atomic E-state index is 14.2. The van der Waals surface area contributed by atoms with Gasteiger partial charge in [-0.15, -0.1) is 0 Å². The normalized spacial score (nSPS) is 32.0. The molecule has 230 valence electrons. The van der Waals surface area contributed by atoms with Gasteiger partial charge in [-0.3, -0.25) is 0 Å². The average Bonchev–Trinajstić information content (AvgIpc) is 3.47. The van der Waals surface area contributed by atoms with Gasteiger partial charge in [0.25, 0.3) is 0 Å². The topological polar surface area (TPSA) is 93.1 Å². The molecule has 1 saturated heterocycles. The molecule has 1 aromatic rings. The Bertz CT molecular complexity index is 1440. The molecule has 1 aromatic carbocycles. The zero-order valence-corrected chi connectivity index (χ0v) is 26.1. The predicted octanol–water partition coefficient (Wildman–Crippen LogP) is 7.78. The SMILES string of the molecule is CCCC=C1OC(=O)C2=C1CC[C@H]1[C@@H]3CC[C@]4(C(=C[C@H](CC)CCC(C)C)OC(=O)C4=C3c3cccc(O)c3)[C@]21CCO. The van der Waals surface area contributed by atoms with Crippen molar-refractivity contribution in [3.8, 4) is 5.75 Å². The van der Waals surface area contributed by atoms with Crippen LogP contribution in [0.5, 0.6) is 5.75 Å². The number of phenols is 1. The number of aromatic hydroxyl groups is 1. The summed E-state index contributed by atoms with van der Waals surface area (Å²) in [4.78, 5) is 28.2. The van der Waals surface area contributed by atoms with E-state index in [1.807, 2.05) is 18.2 Å². The molecule has 2 bridgehead atoms. The Morgan fingerprint density at radius 3 is 2.56 bits per heavy atom. The van der Waals surface area contributed by atoms with Gasteiger partial charge in [0.2, 0.25) is 0 Å². The Kier molecular flexibility index (Phi) is 7.95. The molecule has 5 atom stereocenters. The van der Waals surface area contributed by atoms with Gasteiger partial charge < -0.3 is 19.7 Å². The van der Waals surface area contributed by atoms with E-state index >= 15 is 0 Å². The van der Waals surface area contributed by atoms with Crippen molar-refractivity contribution < 1.29 is 29.3 Å². The Labute approximate surface area is 255 Å². The number of cyclic esters (lactones) is 2. The van der Waals surface area contributed by atoms with E-state index < -0.39 is 10.8 Å². The van der Waals surface area contributed by atoms with Gasteiger partial charge in [0, 0.05) is 17.6 Å². The number of carbonyl (C=O) groups excluding carboxylic acids is 2. The van der Waals surface area contributed by atoms with Gasteiger partial charge in [-0.25, -0.2) is 9.59 Å². The largest absolute Gasteiger partial charge is 0.508 e. The number of aliphatic hydroxyl groups excluding tert-OH is 1. The molecule has 1 saturated carbocycles. The minimum atomic E-state index is -0.890. The van der Waals surface area contributed by atoms with Crippen LogP contribution >= 0.6 is 0 Å². The Morgan fingerprint density at radius 2 is 1.86 bits per heavy atom. The molecule has 6 nitrogen and oxygen atoms in total. The van der Waals surface area contributed by atoms with Crippen LogP contribution in [0.25, 0.3) is 5.57 Å². The fraction of sp³-hybridized carbons (Fsp3) is 0.568. The zero-order chi connectivity index (χ0) is 30.5. The van der Waals surface area contributed by atoms with Gasteiger partial charge in [-0.1, -0.05) is 52.7 Å². The molecule has 2 aliphatic heterocycles. The lowest BCUT2D eigenvalue weighted by Crippen LogP contribution is -2.60. The van der Waals surface area contributed by atoms with Gasteiger partial charge in [-0.2, -0.15) is 0 Å². The number of rotatable bonds is 10. The first-order valence-corrected chi connectivity index (χ1v) is 16.5. The molecular formula is C37H46O6. The molecule has 0 aromatic heterocycles. The fourth-order valence-electron chi connectivity index (χ4n) is 9.37. The number of ether oxygens (including phenoxy) is 2. The lowest BCUT2D eigenvalue weighted by molar-refractivity contribution is -0.138. The van der Waals surface area contributed by atoms with Crippen LogP contribution in [0.2, 0.25) is 0 Å². The highest BCUT2D eigenvalue weighted by atomic mass is 16.6. The standard InChI is InChI=1S/C37H46O6/c1-5-7-11-29-27-14-15-28-26-16-17-37(36(28,18-19-38)32(27)34(40)42-29)30(20-23(6-2)13-12-22(3)4)43-35(41)33(37)31(26)24-9-8-10-25(39)21-24/h8-11,20-23,26,28,38-39H,5-7,12-19H2,1-4H3/t23-,26+,28+,36+,37-/m1/s1. The maximum absolute atomic E-state index is 14.2. The molecule has 2 N–H and O–H groups in total. The molecule has 6 heteroatoms. The van der Waals surface area contributed by atoms with Gasteiger partial charge in [-0.05, 0) is 110 Å². The van der Waals surface area contributed by atoms with Crippen molar-refractivity contribution in [2.45, 2.75) is 91.9 Å². The van der Waals surface area contributed by atoms with Crippen LogP contribution in [0.15, 0.2) is 64.7 Å². The molecule has 43 heavy (non-hydrogen) atoms. The molecule has 6 aliphatic rings. The van der Waals surface area contributed by atoms with E-state index in [0.29, 0.717) is 41.4 Å². The lowest BCUT2D eigenvalue weighted by atomic mass is 9.36. The predicted molar refractivity (Wildman–Crippen MR) is 165 cm³/mol. The molecule has 0 amide bonds. The van der Waals surface area contributed by atoms with Crippen LogP contribution in [-0.4, -0.2) is 28.8 Å². The first-order chi connectivity index (χ1) is 20.7. The lowest BCUT2D eigenvalue weighted by Gasteiger charge is -2.64. The van der Waals surface area contributed by atoms with Crippen molar-refractivity contribution in [2.24, 2.45) is 34.5 Å². The first-order valence-electron chi connectivity index (χ1n) is 16.5. The van der Waals surface area contributed by atoms with Gasteiger partial charge in [0.15, 0.2) is 0 Å². The second-order valence-corrected chi connectivity index (χ2v) is 13.6. The van der Waals surface area contributed by atoms with Crippen molar-refractivity contribution in [1.82, 2.24) is 0 Å². The third-order valence-corrected chi connectivity index (χ3v) is 11.1. The number of hydrogen-bond donors (Lipinski definition) is 2. The number of fused-ring (bicyclic) bond motifs is 1. The number of unbranched alkanes of at least 4 members (excludes halogenated alkanes) is 1. The number of aliphatic hydroxyl groups is 1. The minimum absolute atomic E-state index is 0.00874. The first kappa shape index (κ1) is 29.9. The molecule has 0 unspecified atom stereocenters. The fourth-order valence-corrected chi connectivity index (χ4v) is 9.37. The van der Waals surface area contributed by atoms with Crippen molar-refractivity contribution >= 4 is 17.5 Å². The van der Waals surface area contributed by atoms with E-state index in [2.05, 4.69) is 33.8 Å². The summed E-state index contributed by atoms with van der Waals surface area (Å²) in [5, 5.41) is 21.3. The summed E-state index contributed by atoms with van der Waals surface area (Å²) < 4.78 is 12.4. The van der Waals surface area contributed by atoms with Gasteiger partial charge in [0.05, 0.1) is 16.6 Å². The van der Waals surface area contributed by atoms with Crippen LogP contribution in [-0.2, 0) is 19.1 Å². The van der Waals surface area contributed by atoms with Crippen LogP contribution in [0, 0.1) is 34.5 Å². The number of hydrogen-bond acceptors (Lipinski definition) is 6. The number of benzene rings is 1. The zero-order valence-electron chi connectivity index (χ0n) is 26.1. The smallest absolute Gasteiger partial charge is 0.340 e. The number of esters is 2. The third-order valence-electron chi connectivity index (χ3n) is 11.1. The summed E-state index contributed by atoms with van der Waals surface area (Å²) in [5.41, 5.74) is 2.31. The van der Waals surface area contributed by atoms with Gasteiger partial charge >= 0.3 is 11.9 Å². The second kappa shape index (κ2) is 11.4. The summed E-state index contributed by atoms with van der Waals surface area (Å²) in [7, 11) is 0. The van der Waals surface area contributed by atoms with E-state index in [9.17, 15) is 19.8 Å². The number of allylic oxidation sites excluding steroid dienone is 5. The Balaban J connectivity index is 1.66. The van der Waals surface area contributed by atoms with Crippen molar-refractivity contribution in [1.29, 1.82) is 0 Å². The van der Waals surface area contributed by atoms with Crippen LogP contribution in [0.4, 0.5) is 0 Å². The van der Waals surface area contributed by atoms with Crippen LogP contribution in [0.1, 0.15) is 97.5 Å². The van der Waals surface area contributed by atoms with E-state index in [1.165, 1.54) is 0 Å². The average molecular weight is 587 g/mol. The highest BCUT2D eigenvalue weighted by Gasteiger charge is 2.75. The molecule has 2 fully saturated rings. The van der Waals surface area contributed by atoms with Crippen molar-refractivity contribution in [2.75, 3.05) is 6.61 Å². The summed E-state index contributed by atoms with van der Waals surface area (Å²) >= 11 is 0. The summed E-state index contributed by atoms with van der Waals surface area (Å²) in [6.07, 6.45) is 12.4. The quantitative estimate of drug-likeness (QED) is 0.272. The third kappa shape index (κ3) is 4.38. The summed E-state index contributed by atoms with van der Waals surface area (Å²) in [5.74, 6) is 1.57. The minimum Gasteiger partial charge on any atom is -0.508 e. The molecule has 0 radical (unpaired) electrons. The highest BCUT2D eigenvalue weighted by molar-refractivity contribution is 6.07. The van der Waals surface area contributed by atoms with E-state index in [-0.39, 0.29) is 42.0 Å². The molecule has 2 heterocycles. The molecule has 4 aliphatic carbocycles. The van der Waals surface area contributed by atoms with Crippen molar-refractivity contribution in [3.05, 3.63) is 70.2 Å². The Morgan fingerprint density at radius 1 is 1.07 bits per heavy atom. The van der Waals surface area contributed by atoms with Gasteiger partial charge in [0.1, 0.15) is 17.3 Å². The molecule has 1 spiro atoms. The molecular weight excluding hydrogens is 540 g/mol. The molecule has 7 rings (SSSR count). The maximum Gasteiger partial charge on any atom is 0.340 e. The van der Waals surface area contributed by atoms with Crippen LogP contribution in [0.3, 0.4) is 0 Å². The number of phenolic OH excluding ortho intramolecular Hbond substituents is 1. The summed E-state index contributed by atoms with van der Waals surface area (Å²) in [6, 6.07) is 7.20. The van der Waals surface area contributed by atoms with Crippen LogP contribution < -0.4 is 0 Å².